The first-order valence-electron chi connectivity index (χ1n) is 8.54. The van der Waals surface area contributed by atoms with Gasteiger partial charge in [-0.15, -0.1) is 11.3 Å². The molecule has 1 saturated carbocycles. The number of hydrogen-bond donors (Lipinski definition) is 2. The molecule has 140 valence electrons. The zero-order valence-corrected chi connectivity index (χ0v) is 15.3. The number of hydrazine groups is 1. The molecule has 1 aliphatic heterocycles. The molecule has 1 aliphatic carbocycles. The standard InChI is InChI=1S/C17H21N3O5S/c1-11-4-6-17(7-5-11)15(23)20(16(24)18-17)19-13(21)10-25-14(22)9-12-3-2-8-26-12/h2-3,8,11H,4-7,9-10H2,1H3,(H,18,24)(H,19,21). The molecule has 9 heteroatoms. The Morgan fingerprint density at radius 2 is 2.12 bits per heavy atom. The van der Waals surface area contributed by atoms with Crippen LogP contribution in [0.3, 0.4) is 0 Å². The Hall–Kier alpha value is -2.42. The van der Waals surface area contributed by atoms with Gasteiger partial charge in [0.05, 0.1) is 6.42 Å². The Kier molecular flexibility index (Phi) is 5.26. The number of urea groups is 1. The zero-order chi connectivity index (χ0) is 18.7. The molecule has 1 spiro atoms. The van der Waals surface area contributed by atoms with Gasteiger partial charge in [0.1, 0.15) is 5.54 Å². The quantitative estimate of drug-likeness (QED) is 0.594. The molecule has 0 unspecified atom stereocenters. The maximum Gasteiger partial charge on any atom is 0.344 e. The molecule has 2 N–H and O–H groups in total. The second kappa shape index (κ2) is 7.45. The molecule has 0 bridgehead atoms. The molecule has 0 aromatic carbocycles. The first-order valence-corrected chi connectivity index (χ1v) is 9.42. The largest absolute Gasteiger partial charge is 0.455 e. The van der Waals surface area contributed by atoms with E-state index in [1.165, 1.54) is 11.3 Å². The molecule has 2 aliphatic rings. The van der Waals surface area contributed by atoms with Gasteiger partial charge >= 0.3 is 12.0 Å². The van der Waals surface area contributed by atoms with Crippen LogP contribution in [-0.4, -0.2) is 41.0 Å². The summed E-state index contributed by atoms with van der Waals surface area (Å²) in [6.07, 6.45) is 2.87. The maximum atomic E-state index is 12.6. The monoisotopic (exact) mass is 379 g/mol. The number of carbonyl (C=O) groups excluding carboxylic acids is 4. The summed E-state index contributed by atoms with van der Waals surface area (Å²) in [5.41, 5.74) is 1.31. The van der Waals surface area contributed by atoms with E-state index in [0.717, 1.165) is 17.7 Å². The lowest BCUT2D eigenvalue weighted by atomic mass is 9.77. The predicted octanol–water partition coefficient (Wildman–Crippen LogP) is 1.37. The highest BCUT2D eigenvalue weighted by Crippen LogP contribution is 2.35. The molecule has 26 heavy (non-hydrogen) atoms. The van der Waals surface area contributed by atoms with Crippen LogP contribution in [0.15, 0.2) is 17.5 Å². The number of carbonyl (C=O) groups is 4. The van der Waals surface area contributed by atoms with Crippen molar-refractivity contribution in [2.75, 3.05) is 6.61 Å². The van der Waals surface area contributed by atoms with Crippen LogP contribution in [-0.2, 0) is 25.5 Å². The highest BCUT2D eigenvalue weighted by atomic mass is 32.1. The summed E-state index contributed by atoms with van der Waals surface area (Å²) in [4.78, 5) is 49.2. The van der Waals surface area contributed by atoms with Crippen molar-refractivity contribution in [2.24, 2.45) is 5.92 Å². The summed E-state index contributed by atoms with van der Waals surface area (Å²) >= 11 is 1.42. The van der Waals surface area contributed by atoms with Crippen LogP contribution in [0, 0.1) is 5.92 Å². The molecule has 1 saturated heterocycles. The lowest BCUT2D eigenvalue weighted by Gasteiger charge is -2.33. The summed E-state index contributed by atoms with van der Waals surface area (Å²) in [6, 6.07) is 2.96. The van der Waals surface area contributed by atoms with Crippen LogP contribution in [0.1, 0.15) is 37.5 Å². The third-order valence-electron chi connectivity index (χ3n) is 4.79. The van der Waals surface area contributed by atoms with Crippen LogP contribution in [0.25, 0.3) is 0 Å². The Balaban J connectivity index is 1.50. The smallest absolute Gasteiger partial charge is 0.344 e. The second-order valence-corrected chi connectivity index (χ2v) is 7.82. The number of imide groups is 1. The average molecular weight is 379 g/mol. The number of nitrogens with one attached hydrogen (secondary N) is 2. The van der Waals surface area contributed by atoms with Gasteiger partial charge in [-0.2, -0.15) is 5.01 Å². The van der Waals surface area contributed by atoms with Crippen LogP contribution in [0.5, 0.6) is 0 Å². The lowest BCUT2D eigenvalue weighted by Crippen LogP contribution is -2.52. The molecule has 1 aromatic rings. The van der Waals surface area contributed by atoms with E-state index in [2.05, 4.69) is 17.7 Å². The zero-order valence-electron chi connectivity index (χ0n) is 14.4. The normalized spacial score (nSPS) is 25.3. The van der Waals surface area contributed by atoms with E-state index in [1.54, 1.807) is 6.07 Å². The van der Waals surface area contributed by atoms with E-state index in [1.807, 2.05) is 11.4 Å². The number of thiophene rings is 1. The van der Waals surface area contributed by atoms with Crippen LogP contribution in [0.4, 0.5) is 4.79 Å². The molecule has 8 nitrogen and oxygen atoms in total. The molecule has 2 fully saturated rings. The number of hydrogen-bond acceptors (Lipinski definition) is 6. The molecular weight excluding hydrogens is 358 g/mol. The van der Waals surface area contributed by atoms with E-state index in [0.29, 0.717) is 23.8 Å². The van der Waals surface area contributed by atoms with Gasteiger partial charge in [0.15, 0.2) is 6.61 Å². The molecule has 4 amide bonds. The van der Waals surface area contributed by atoms with Crippen molar-refractivity contribution in [3.8, 4) is 0 Å². The van der Waals surface area contributed by atoms with Crippen molar-refractivity contribution in [2.45, 2.75) is 44.6 Å². The Bertz CT molecular complexity index is 710. The fraction of sp³-hybridized carbons (Fsp3) is 0.529. The summed E-state index contributed by atoms with van der Waals surface area (Å²) < 4.78 is 4.89. The van der Waals surface area contributed by atoms with Gasteiger partial charge in [0.2, 0.25) is 0 Å². The van der Waals surface area contributed by atoms with E-state index in [-0.39, 0.29) is 6.42 Å². The summed E-state index contributed by atoms with van der Waals surface area (Å²) in [6.45, 7) is 1.56. The van der Waals surface area contributed by atoms with Gasteiger partial charge in [-0.3, -0.25) is 19.8 Å². The Morgan fingerprint density at radius 3 is 2.77 bits per heavy atom. The van der Waals surface area contributed by atoms with Crippen LogP contribution < -0.4 is 10.7 Å². The molecular formula is C17H21N3O5S. The van der Waals surface area contributed by atoms with Crippen molar-refractivity contribution in [1.29, 1.82) is 0 Å². The van der Waals surface area contributed by atoms with Crippen molar-refractivity contribution in [3.63, 3.8) is 0 Å². The first-order chi connectivity index (χ1) is 12.4. The average Bonchev–Trinajstić information content (AvgIpc) is 3.19. The minimum atomic E-state index is -0.924. The number of rotatable bonds is 5. The SMILES string of the molecule is CC1CCC2(CC1)NC(=O)N(NC(=O)COC(=O)Cc1cccs1)C2=O. The number of esters is 1. The van der Waals surface area contributed by atoms with Gasteiger partial charge in [-0.1, -0.05) is 13.0 Å². The number of ether oxygens (including phenoxy) is 1. The second-order valence-electron chi connectivity index (χ2n) is 6.79. The van der Waals surface area contributed by atoms with Gasteiger partial charge in [-0.05, 0) is 43.0 Å². The molecule has 2 heterocycles. The van der Waals surface area contributed by atoms with Gasteiger partial charge in [-0.25, -0.2) is 4.79 Å². The summed E-state index contributed by atoms with van der Waals surface area (Å²) in [5, 5.41) is 5.25. The van der Waals surface area contributed by atoms with Crippen molar-refractivity contribution in [1.82, 2.24) is 15.8 Å². The minimum Gasteiger partial charge on any atom is -0.455 e. The number of nitrogens with zero attached hydrogens (tertiary/aromatic N) is 1. The van der Waals surface area contributed by atoms with E-state index in [9.17, 15) is 19.2 Å². The summed E-state index contributed by atoms with van der Waals surface area (Å²) in [5.74, 6) is -1.21. The van der Waals surface area contributed by atoms with Crippen LogP contribution in [0.2, 0.25) is 0 Å². The molecule has 0 atom stereocenters. The Morgan fingerprint density at radius 1 is 1.38 bits per heavy atom. The predicted molar refractivity (Wildman–Crippen MR) is 92.9 cm³/mol. The maximum absolute atomic E-state index is 12.6. The number of amides is 4. The molecule has 1 aromatic heterocycles. The van der Waals surface area contributed by atoms with Crippen molar-refractivity contribution in [3.05, 3.63) is 22.4 Å². The van der Waals surface area contributed by atoms with Crippen molar-refractivity contribution < 1.29 is 23.9 Å². The fourth-order valence-corrected chi connectivity index (χ4v) is 3.92. The van der Waals surface area contributed by atoms with Gasteiger partial charge < -0.3 is 10.1 Å². The van der Waals surface area contributed by atoms with Crippen LogP contribution >= 0.6 is 11.3 Å². The van der Waals surface area contributed by atoms with E-state index >= 15 is 0 Å². The van der Waals surface area contributed by atoms with Gasteiger partial charge in [0, 0.05) is 4.88 Å². The topological polar surface area (TPSA) is 105 Å². The molecule has 3 rings (SSSR count). The summed E-state index contributed by atoms with van der Waals surface area (Å²) in [7, 11) is 0. The van der Waals surface area contributed by atoms with Crippen molar-refractivity contribution >= 4 is 35.2 Å². The van der Waals surface area contributed by atoms with Gasteiger partial charge in [0.25, 0.3) is 11.8 Å². The van der Waals surface area contributed by atoms with E-state index in [4.69, 9.17) is 4.74 Å². The first kappa shape index (κ1) is 18.4. The highest BCUT2D eigenvalue weighted by molar-refractivity contribution is 7.10. The lowest BCUT2D eigenvalue weighted by molar-refractivity contribution is -0.150. The Labute approximate surface area is 154 Å². The minimum absolute atomic E-state index is 0.0787. The third kappa shape index (κ3) is 3.87. The fourth-order valence-electron chi connectivity index (χ4n) is 3.23. The molecule has 0 radical (unpaired) electrons. The van der Waals surface area contributed by atoms with E-state index < -0.39 is 36.0 Å². The highest BCUT2D eigenvalue weighted by Gasteiger charge is 2.52. The third-order valence-corrected chi connectivity index (χ3v) is 5.67.